The third-order valence-corrected chi connectivity index (χ3v) is 9.71. The van der Waals surface area contributed by atoms with Gasteiger partial charge in [0, 0.05) is 17.5 Å². The molecule has 10 nitrogen and oxygen atoms in total. The molecule has 4 aliphatic rings. The molecule has 46 heavy (non-hydrogen) atoms. The van der Waals surface area contributed by atoms with E-state index in [0.29, 0.717) is 74.3 Å². The summed E-state index contributed by atoms with van der Waals surface area (Å²) in [6.45, 7) is 11.9. The number of hydrogen-bond donors (Lipinski definition) is 1. The molecule has 232 valence electrons. The Labute approximate surface area is 282 Å². The zero-order valence-electron chi connectivity index (χ0n) is 26.5. The molecular formula is C35H33MgN4O6-. The second kappa shape index (κ2) is 11.7. The maximum absolute atomic E-state index is 14.2. The van der Waals surface area contributed by atoms with E-state index in [9.17, 15) is 19.5 Å². The predicted molar refractivity (Wildman–Crippen MR) is 173 cm³/mol. The number of carbonyl (C=O) groups is 3. The van der Waals surface area contributed by atoms with Gasteiger partial charge in [-0.25, -0.2) is 4.52 Å². The second-order valence-electron chi connectivity index (χ2n) is 12.1. The summed E-state index contributed by atoms with van der Waals surface area (Å²) < 4.78 is 2.52. The Morgan fingerprint density at radius 3 is 2.39 bits per heavy atom. The molecule has 6 heterocycles. The van der Waals surface area contributed by atoms with E-state index in [1.807, 2.05) is 45.9 Å². The van der Waals surface area contributed by atoms with Gasteiger partial charge in [0.2, 0.25) is 0 Å². The van der Waals surface area contributed by atoms with Crippen LogP contribution in [-0.4, -0.2) is 59.6 Å². The standard InChI is InChI=1S/C35H35N4O6.Mg/c1-7-18-15(3)22-11-23-16(4)20(9-10-28(41)42)32(38-23)30-31(35-44-45(35)6)34(43)29-17(5)24(39-33(29)30)12-26-19(8-2)21(14-40)27(37-26)13-25(18)36-22;/h7,11-14,16,20,31,35H,1,8-10H2,2-6H3,(H3,38,39,40,41,42,43);/q-1;+2/p-2/b23-11-,27-13-;/t16-,20-,31+,35?;/m0./s1. The minimum Gasteiger partial charge on any atom is -0.664 e. The first kappa shape index (κ1) is 32.1. The van der Waals surface area contributed by atoms with Crippen molar-refractivity contribution in [2.75, 3.05) is 7.11 Å². The van der Waals surface area contributed by atoms with Crippen molar-refractivity contribution in [1.29, 1.82) is 0 Å². The molecule has 11 heteroatoms. The van der Waals surface area contributed by atoms with Crippen LogP contribution in [0.2, 0.25) is 0 Å². The first-order chi connectivity index (χ1) is 21.6. The van der Waals surface area contributed by atoms with Crippen LogP contribution < -0.4 is 25.7 Å². The number of fused-ring (bicyclic) bond motifs is 7. The number of aldehydes is 1. The number of carboxylic acid groups (broad SMARTS) is 1. The number of carboxylic acids is 1. The summed E-state index contributed by atoms with van der Waals surface area (Å²) in [5.41, 5.74) is 8.80. The van der Waals surface area contributed by atoms with E-state index in [-0.39, 0.29) is 47.1 Å². The van der Waals surface area contributed by atoms with Gasteiger partial charge in [0.15, 0.2) is 18.8 Å². The Morgan fingerprint density at radius 2 is 1.76 bits per heavy atom. The number of aliphatic carboxylic acids is 1. The summed E-state index contributed by atoms with van der Waals surface area (Å²) in [4.78, 5) is 58.8. The Kier molecular flexibility index (Phi) is 8.16. The van der Waals surface area contributed by atoms with E-state index in [1.165, 1.54) is 0 Å². The van der Waals surface area contributed by atoms with Crippen molar-refractivity contribution in [2.24, 2.45) is 17.8 Å². The van der Waals surface area contributed by atoms with Gasteiger partial charge in [-0.3, -0.25) is 14.4 Å². The summed E-state index contributed by atoms with van der Waals surface area (Å²) >= 11 is 0. The second-order valence-corrected chi connectivity index (χ2v) is 12.1. The molecule has 7 rings (SSSR count). The molecule has 0 amide bonds. The number of allylic oxidation sites excluding steroid dienone is 2. The fourth-order valence-electron chi connectivity index (χ4n) is 7.20. The summed E-state index contributed by atoms with van der Waals surface area (Å²) in [6, 6.07) is 0. The van der Waals surface area contributed by atoms with Crippen LogP contribution in [0.15, 0.2) is 18.0 Å². The van der Waals surface area contributed by atoms with Crippen molar-refractivity contribution in [1.82, 2.24) is 15.0 Å². The maximum Gasteiger partial charge on any atom is 2.00 e. The fourth-order valence-corrected chi connectivity index (χ4v) is 7.20. The molecule has 0 spiro atoms. The molecule has 0 saturated carbocycles. The van der Waals surface area contributed by atoms with Crippen molar-refractivity contribution < 1.29 is 28.9 Å². The van der Waals surface area contributed by atoms with Crippen LogP contribution in [0.1, 0.15) is 92.4 Å². The molecule has 0 aromatic carbocycles. The Bertz CT molecular complexity index is 2020. The Balaban J connectivity index is 0.00000372. The molecule has 1 unspecified atom stereocenters. The zero-order chi connectivity index (χ0) is 31.9. The molecule has 0 radical (unpaired) electrons. The first-order valence-corrected chi connectivity index (χ1v) is 15.1. The first-order valence-electron chi connectivity index (χ1n) is 15.1. The number of Topliss-reactive ketones (excluding diaryl/α,β-unsaturated/α-hetero) is 1. The SMILES string of the molecule is C=Cc1c2[n-]c(c1C)/C=C1\[N-]/C(=C3\c4[n-]c(c(C)c4C(=O)[C@@H]3C3O[O+]3C)/C=c3\[n-]/c(c(C=O)c3CC)=C\2)[C@@H](CCC(=O)O)[C@@H]1C.[Mg+2]. The molecule has 3 aromatic heterocycles. The van der Waals surface area contributed by atoms with Gasteiger partial charge in [0.1, 0.15) is 6.29 Å². The van der Waals surface area contributed by atoms with Crippen molar-refractivity contribution in [3.63, 3.8) is 0 Å². The number of nitrogens with zero attached hydrogens (tertiary/aromatic N) is 4. The van der Waals surface area contributed by atoms with E-state index < -0.39 is 18.2 Å². The van der Waals surface area contributed by atoms with E-state index in [2.05, 4.69) is 11.1 Å². The fraction of sp³-hybridized carbons (Fsp3) is 0.343. The molecular weight excluding hydrogens is 597 g/mol. The molecule has 3 aromatic rings. The number of aromatic nitrogens is 3. The molecule has 2 saturated heterocycles. The van der Waals surface area contributed by atoms with Crippen LogP contribution in [-0.2, 0) is 20.6 Å². The van der Waals surface area contributed by atoms with Crippen molar-refractivity contribution in [3.8, 4) is 0 Å². The van der Waals surface area contributed by atoms with Gasteiger partial charge >= 0.3 is 35.3 Å². The van der Waals surface area contributed by atoms with Crippen LogP contribution in [0.25, 0.3) is 35.2 Å². The summed E-state index contributed by atoms with van der Waals surface area (Å²) in [6.07, 6.45) is 8.50. The average molecular weight is 630 g/mol. The minimum atomic E-state index is -0.894. The predicted octanol–water partition coefficient (Wildman–Crippen LogP) is 3.31. The number of carbonyl (C=O) groups excluding carboxylic acids is 2. The van der Waals surface area contributed by atoms with Crippen molar-refractivity contribution >= 4 is 71.0 Å². The smallest absolute Gasteiger partial charge is 0.664 e. The number of rotatable bonds is 7. The molecule has 1 N–H and O–H groups in total. The van der Waals surface area contributed by atoms with Gasteiger partial charge < -0.3 is 25.4 Å². The van der Waals surface area contributed by atoms with Crippen molar-refractivity contribution in [2.45, 2.75) is 53.2 Å². The molecule has 3 aliphatic heterocycles. The van der Waals surface area contributed by atoms with Gasteiger partial charge in [-0.05, 0) is 49.0 Å². The van der Waals surface area contributed by atoms with Crippen LogP contribution in [0.3, 0.4) is 0 Å². The quantitative estimate of drug-likeness (QED) is 0.138. The number of ketones is 1. The van der Waals surface area contributed by atoms with Crippen molar-refractivity contribution in [3.05, 3.63) is 90.1 Å². The molecule has 8 bridgehead atoms. The van der Waals surface area contributed by atoms with Gasteiger partial charge in [-0.1, -0.05) is 67.0 Å². The topological polar surface area (TPSA) is 143 Å². The largest absolute Gasteiger partial charge is 2.00 e. The molecule has 1 aliphatic carbocycles. The van der Waals surface area contributed by atoms with Crippen LogP contribution >= 0.6 is 0 Å². The number of hydrogen-bond acceptors (Lipinski definition) is 4. The summed E-state index contributed by atoms with van der Waals surface area (Å²) in [5, 5.41) is 15.9. The summed E-state index contributed by atoms with van der Waals surface area (Å²) in [7, 11) is 1.70. The van der Waals surface area contributed by atoms with Gasteiger partial charge in [0.05, 0.1) is 0 Å². The monoisotopic (exact) mass is 629 g/mol. The Hall–Kier alpha value is -3.90. The Morgan fingerprint density at radius 1 is 1.07 bits per heavy atom. The zero-order valence-corrected chi connectivity index (χ0v) is 27.9. The third kappa shape index (κ3) is 4.79. The normalized spacial score (nSPS) is 27.1. The molecule has 2 fully saturated rings. The van der Waals surface area contributed by atoms with E-state index >= 15 is 0 Å². The average Bonchev–Trinajstić information content (AvgIpc) is 3.28. The van der Waals surface area contributed by atoms with E-state index in [0.717, 1.165) is 28.7 Å². The third-order valence-electron chi connectivity index (χ3n) is 9.71. The van der Waals surface area contributed by atoms with Crippen LogP contribution in [0.5, 0.6) is 0 Å². The van der Waals surface area contributed by atoms with Crippen LogP contribution in [0.4, 0.5) is 0 Å². The molecule has 4 atom stereocenters. The van der Waals surface area contributed by atoms with Gasteiger partial charge in [-0.15, -0.1) is 33.5 Å². The van der Waals surface area contributed by atoms with Gasteiger partial charge in [-0.2, -0.15) is 11.4 Å². The van der Waals surface area contributed by atoms with E-state index in [4.69, 9.17) is 25.2 Å². The maximum atomic E-state index is 14.2. The van der Waals surface area contributed by atoms with E-state index in [1.54, 1.807) is 13.2 Å². The summed E-state index contributed by atoms with van der Waals surface area (Å²) in [5.74, 6) is -2.10. The minimum absolute atomic E-state index is 0. The van der Waals surface area contributed by atoms with Crippen LogP contribution in [0, 0.1) is 31.6 Å². The van der Waals surface area contributed by atoms with Gasteiger partial charge in [0.25, 0.3) is 0 Å².